The normalized spacial score (nSPS) is 12.7. The minimum Gasteiger partial charge on any atom is -0.370 e. The Morgan fingerprint density at radius 3 is 1.75 bits per heavy atom. The van der Waals surface area contributed by atoms with Gasteiger partial charge in [-0.2, -0.15) is 0 Å². The van der Waals surface area contributed by atoms with Crippen LogP contribution in [0, 0.1) is 11.7 Å². The number of nitrogens with two attached hydrogens (primary N) is 5. The molecule has 0 spiro atoms. The largest absolute Gasteiger partial charge is 0.370 e. The summed E-state index contributed by atoms with van der Waals surface area (Å²) in [5, 5.41) is 8.09. The van der Waals surface area contributed by atoms with Crippen LogP contribution >= 0.6 is 0 Å². The SMILES string of the molecule is CC(=O)N(C(=O)c1ccc(-c2ccccc2)cc1)[C@@H](Cc1ccc(F)cc1)C(=O)N[C@@H](Cc1ccc(N=C(N)N)cc1)C(=O)N[C@@H](CC(C)C)C(=O)N[C@@H](CCCN=C(N)N)C(N)=O. The zero-order chi connectivity index (χ0) is 46.9. The van der Waals surface area contributed by atoms with E-state index >= 15 is 0 Å². The minimum atomic E-state index is -1.55. The fourth-order valence-electron chi connectivity index (χ4n) is 6.83. The molecule has 4 aromatic carbocycles. The molecule has 0 aliphatic heterocycles. The molecule has 0 radical (unpaired) electrons. The second-order valence-corrected chi connectivity index (χ2v) is 15.6. The number of nitrogens with one attached hydrogen (secondary N) is 3. The van der Waals surface area contributed by atoms with Crippen molar-refractivity contribution >= 4 is 53.0 Å². The van der Waals surface area contributed by atoms with Crippen molar-refractivity contribution < 1.29 is 33.2 Å². The molecule has 0 aliphatic carbocycles. The number of benzene rings is 4. The van der Waals surface area contributed by atoms with E-state index in [1.807, 2.05) is 44.2 Å². The summed E-state index contributed by atoms with van der Waals surface area (Å²) in [6.07, 6.45) is 0.126. The number of carbonyl (C=O) groups excluding carboxylic acids is 6. The molecule has 4 atom stereocenters. The van der Waals surface area contributed by atoms with E-state index in [1.165, 1.54) is 24.3 Å². The molecule has 4 rings (SSSR count). The van der Waals surface area contributed by atoms with Crippen LogP contribution in [-0.4, -0.2) is 83.0 Å². The zero-order valence-corrected chi connectivity index (χ0v) is 36.0. The number of amides is 6. The molecule has 338 valence electrons. The van der Waals surface area contributed by atoms with Gasteiger partial charge in [0.05, 0.1) is 5.69 Å². The number of imide groups is 1. The van der Waals surface area contributed by atoms with Gasteiger partial charge in [0.15, 0.2) is 11.9 Å². The highest BCUT2D eigenvalue weighted by Crippen LogP contribution is 2.22. The molecule has 0 saturated heterocycles. The van der Waals surface area contributed by atoms with Gasteiger partial charge in [-0.3, -0.25) is 38.7 Å². The number of carbonyl (C=O) groups is 6. The number of nitrogens with zero attached hydrogens (tertiary/aromatic N) is 3. The van der Waals surface area contributed by atoms with Crippen LogP contribution in [0.3, 0.4) is 0 Å². The third-order valence-corrected chi connectivity index (χ3v) is 9.97. The topological polar surface area (TPSA) is 297 Å². The van der Waals surface area contributed by atoms with Crippen LogP contribution in [0.25, 0.3) is 11.1 Å². The molecule has 18 heteroatoms. The maximum Gasteiger partial charge on any atom is 0.261 e. The van der Waals surface area contributed by atoms with Gasteiger partial charge in [0.2, 0.25) is 29.5 Å². The maximum atomic E-state index is 14.7. The van der Waals surface area contributed by atoms with Crippen LogP contribution in [0.2, 0.25) is 0 Å². The highest BCUT2D eigenvalue weighted by atomic mass is 19.1. The summed E-state index contributed by atoms with van der Waals surface area (Å²) in [7, 11) is 0. The van der Waals surface area contributed by atoms with Crippen molar-refractivity contribution in [1.82, 2.24) is 20.9 Å². The smallest absolute Gasteiger partial charge is 0.261 e. The van der Waals surface area contributed by atoms with Crippen LogP contribution in [0.5, 0.6) is 0 Å². The number of primary amides is 1. The Balaban J connectivity index is 1.71. The molecule has 0 unspecified atom stereocenters. The fourth-order valence-corrected chi connectivity index (χ4v) is 6.83. The molecule has 0 fully saturated rings. The predicted octanol–water partition coefficient (Wildman–Crippen LogP) is 2.28. The van der Waals surface area contributed by atoms with Gasteiger partial charge in [0, 0.05) is 31.9 Å². The van der Waals surface area contributed by atoms with Crippen molar-refractivity contribution in [3.63, 3.8) is 0 Å². The second kappa shape index (κ2) is 23.5. The van der Waals surface area contributed by atoms with E-state index in [0.717, 1.165) is 23.0 Å². The molecule has 6 amide bonds. The van der Waals surface area contributed by atoms with Crippen LogP contribution in [0.4, 0.5) is 10.1 Å². The molecule has 0 aromatic heterocycles. The number of guanidine groups is 2. The Labute approximate surface area is 371 Å². The standard InChI is InChI=1S/C46H56FN11O6/c1-27(2)24-37(41(61)55-36(40(48)60)10-7-23-53-45(49)50)56-42(62)38(25-29-13-21-35(22-14-29)54-46(51)52)57-43(63)39(26-30-11-19-34(47)20-12-30)58(28(3)59)44(64)33-17-15-32(16-18-33)31-8-5-4-6-9-31/h4-6,8-9,11-22,27,36-39H,7,10,23-26H2,1-3H3,(H2,48,60)(H,55,61)(H,56,62)(H,57,63)(H4,49,50,53)(H4,51,52,54)/t36-,37-,38-,39-/m0/s1. The van der Waals surface area contributed by atoms with E-state index < -0.39 is 65.4 Å². The van der Waals surface area contributed by atoms with Crippen molar-refractivity contribution in [3.05, 3.63) is 126 Å². The molecule has 17 nitrogen and oxygen atoms in total. The quantitative estimate of drug-likeness (QED) is 0.0343. The van der Waals surface area contributed by atoms with Gasteiger partial charge in [-0.15, -0.1) is 0 Å². The first-order valence-corrected chi connectivity index (χ1v) is 20.6. The minimum absolute atomic E-state index is 0.104. The van der Waals surface area contributed by atoms with Crippen LogP contribution in [0.15, 0.2) is 113 Å². The maximum absolute atomic E-state index is 14.7. The van der Waals surface area contributed by atoms with Crippen molar-refractivity contribution in [2.45, 2.75) is 77.0 Å². The third-order valence-electron chi connectivity index (χ3n) is 9.97. The summed E-state index contributed by atoms with van der Waals surface area (Å²) in [6, 6.07) is 22.3. The lowest BCUT2D eigenvalue weighted by molar-refractivity contribution is -0.138. The molecule has 64 heavy (non-hydrogen) atoms. The van der Waals surface area contributed by atoms with Crippen molar-refractivity contribution in [3.8, 4) is 11.1 Å². The summed E-state index contributed by atoms with van der Waals surface area (Å²) in [6.45, 7) is 4.97. The molecule has 0 aliphatic rings. The van der Waals surface area contributed by atoms with Gasteiger partial charge in [-0.05, 0) is 83.8 Å². The Hall–Kier alpha value is -7.63. The number of rotatable bonds is 21. The molecular weight excluding hydrogens is 822 g/mol. The summed E-state index contributed by atoms with van der Waals surface area (Å²) < 4.78 is 14.0. The number of halogens is 1. The number of hydrogen-bond acceptors (Lipinski definition) is 8. The molecule has 0 bridgehead atoms. The highest BCUT2D eigenvalue weighted by molar-refractivity contribution is 6.08. The van der Waals surface area contributed by atoms with Crippen LogP contribution in [-0.2, 0) is 36.8 Å². The van der Waals surface area contributed by atoms with Gasteiger partial charge in [0.1, 0.15) is 30.0 Å². The van der Waals surface area contributed by atoms with Crippen LogP contribution in [0.1, 0.15) is 61.5 Å². The molecule has 0 heterocycles. The molecule has 0 saturated carbocycles. The third kappa shape index (κ3) is 15.1. The van der Waals surface area contributed by atoms with Gasteiger partial charge in [-0.25, -0.2) is 9.38 Å². The first kappa shape index (κ1) is 49.0. The van der Waals surface area contributed by atoms with Gasteiger partial charge in [0.25, 0.3) is 5.91 Å². The molecule has 13 N–H and O–H groups in total. The lowest BCUT2D eigenvalue weighted by Gasteiger charge is -2.31. The summed E-state index contributed by atoms with van der Waals surface area (Å²) in [5.41, 5.74) is 30.6. The van der Waals surface area contributed by atoms with Gasteiger partial charge < -0.3 is 44.6 Å². The molecular formula is C46H56FN11O6. The Morgan fingerprint density at radius 2 is 1.19 bits per heavy atom. The number of hydrogen-bond donors (Lipinski definition) is 8. The average Bonchev–Trinajstić information content (AvgIpc) is 3.24. The van der Waals surface area contributed by atoms with Crippen molar-refractivity contribution in [2.75, 3.05) is 6.54 Å². The van der Waals surface area contributed by atoms with E-state index in [1.54, 1.807) is 48.5 Å². The van der Waals surface area contributed by atoms with E-state index in [-0.39, 0.29) is 55.6 Å². The predicted molar refractivity (Wildman–Crippen MR) is 243 cm³/mol. The first-order valence-electron chi connectivity index (χ1n) is 20.6. The zero-order valence-electron chi connectivity index (χ0n) is 36.0. The van der Waals surface area contributed by atoms with E-state index in [0.29, 0.717) is 23.2 Å². The lowest BCUT2D eigenvalue weighted by atomic mass is 9.98. The fraction of sp³-hybridized carbons (Fsp3) is 0.304. The molecule has 4 aromatic rings. The van der Waals surface area contributed by atoms with Crippen molar-refractivity contribution in [2.24, 2.45) is 44.6 Å². The lowest BCUT2D eigenvalue weighted by Crippen LogP contribution is -2.60. The monoisotopic (exact) mass is 877 g/mol. The van der Waals surface area contributed by atoms with E-state index in [9.17, 15) is 33.2 Å². The van der Waals surface area contributed by atoms with Crippen molar-refractivity contribution in [1.29, 1.82) is 0 Å². The van der Waals surface area contributed by atoms with Gasteiger partial charge >= 0.3 is 0 Å². The first-order chi connectivity index (χ1) is 30.4. The Kier molecular flexibility index (Phi) is 18.0. The van der Waals surface area contributed by atoms with Gasteiger partial charge in [-0.1, -0.05) is 80.6 Å². The Bertz CT molecular complexity index is 2300. The average molecular weight is 878 g/mol. The number of aliphatic imine (C=N–C) groups is 2. The summed E-state index contributed by atoms with van der Waals surface area (Å²) in [5.74, 6) is -5.78. The highest BCUT2D eigenvalue weighted by Gasteiger charge is 2.37. The second-order valence-electron chi connectivity index (χ2n) is 15.6. The Morgan fingerprint density at radius 1 is 0.641 bits per heavy atom. The summed E-state index contributed by atoms with van der Waals surface area (Å²) >= 11 is 0. The van der Waals surface area contributed by atoms with Crippen LogP contribution < -0.4 is 44.6 Å². The summed E-state index contributed by atoms with van der Waals surface area (Å²) in [4.78, 5) is 91.7. The van der Waals surface area contributed by atoms with E-state index in [2.05, 4.69) is 25.9 Å². The van der Waals surface area contributed by atoms with E-state index in [4.69, 9.17) is 28.7 Å².